The molecule has 0 unspecified atom stereocenters. The second-order valence-corrected chi connectivity index (χ2v) is 8.45. The average molecular weight is 404 g/mol. The van der Waals surface area contributed by atoms with Crippen molar-refractivity contribution in [2.75, 3.05) is 5.32 Å². The Morgan fingerprint density at radius 2 is 1.70 bits per heavy atom. The first kappa shape index (κ1) is 19.5. The number of nitrogens with one attached hydrogen (secondary N) is 1. The Balaban J connectivity index is 1.41. The van der Waals surface area contributed by atoms with Crippen LogP contribution in [0.5, 0.6) is 0 Å². The van der Waals surface area contributed by atoms with Crippen molar-refractivity contribution in [3.05, 3.63) is 50.9 Å². The second kappa shape index (κ2) is 9.63. The Hall–Kier alpha value is -2.23. The molecule has 0 fully saturated rings. The summed E-state index contributed by atoms with van der Waals surface area (Å²) in [5, 5.41) is 32.3. The zero-order chi connectivity index (χ0) is 19.1. The molecule has 0 aliphatic heterocycles. The Kier molecular flexibility index (Phi) is 6.97. The number of aliphatic hydroxyl groups is 1. The number of aliphatic hydroxyl groups excluding tert-OH is 1. The molecule has 2 N–H and O–H groups in total. The number of carbonyl (C=O) groups excluding carboxylic acids is 1. The molecule has 0 spiro atoms. The molecule has 3 rings (SSSR count). The number of aromatic nitrogens is 4. The van der Waals surface area contributed by atoms with Crippen LogP contribution >= 0.6 is 22.7 Å². The zero-order valence-electron chi connectivity index (χ0n) is 15.0. The first-order chi connectivity index (χ1) is 13.1. The number of amides is 1. The van der Waals surface area contributed by atoms with E-state index in [4.69, 9.17) is 0 Å². The van der Waals surface area contributed by atoms with Gasteiger partial charge in [0, 0.05) is 19.3 Å². The maximum atomic E-state index is 12.1. The summed E-state index contributed by atoms with van der Waals surface area (Å²) < 4.78 is 0. The molecule has 27 heavy (non-hydrogen) atoms. The minimum atomic E-state index is -1.12. The van der Waals surface area contributed by atoms with Crippen molar-refractivity contribution in [1.29, 1.82) is 0 Å². The Morgan fingerprint density at radius 1 is 1.04 bits per heavy atom. The summed E-state index contributed by atoms with van der Waals surface area (Å²) in [6.07, 6.45) is 2.85. The van der Waals surface area contributed by atoms with Gasteiger partial charge in [0.05, 0.1) is 0 Å². The highest BCUT2D eigenvalue weighted by Crippen LogP contribution is 2.19. The number of anilines is 1. The smallest absolute Gasteiger partial charge is 0.255 e. The molecule has 0 saturated carbocycles. The maximum absolute atomic E-state index is 12.1. The van der Waals surface area contributed by atoms with Crippen molar-refractivity contribution in [2.45, 2.75) is 45.1 Å². The minimum absolute atomic E-state index is 0.267. The number of aryl methyl sites for hydroxylation is 3. The second-order valence-electron chi connectivity index (χ2n) is 6.12. The molecular weight excluding hydrogens is 382 g/mol. The van der Waals surface area contributed by atoms with E-state index >= 15 is 0 Å². The molecule has 9 heteroatoms. The van der Waals surface area contributed by atoms with Gasteiger partial charge >= 0.3 is 0 Å². The monoisotopic (exact) mass is 403 g/mol. The Bertz CT molecular complexity index is 866. The summed E-state index contributed by atoms with van der Waals surface area (Å²) in [7, 11) is 0. The molecular formula is C18H21N5O2S2. The van der Waals surface area contributed by atoms with Gasteiger partial charge in [0.2, 0.25) is 5.13 Å². The van der Waals surface area contributed by atoms with Crippen molar-refractivity contribution in [2.24, 2.45) is 0 Å². The van der Waals surface area contributed by atoms with Gasteiger partial charge in [0.15, 0.2) is 0 Å². The van der Waals surface area contributed by atoms with E-state index in [2.05, 4.69) is 25.7 Å². The van der Waals surface area contributed by atoms with E-state index in [1.807, 2.05) is 37.3 Å². The molecule has 2 aromatic heterocycles. The molecule has 2 heterocycles. The molecule has 0 aliphatic rings. The van der Waals surface area contributed by atoms with E-state index in [9.17, 15) is 9.90 Å². The quantitative estimate of drug-likeness (QED) is 0.533. The molecule has 1 aromatic carbocycles. The average Bonchev–Trinajstić information content (AvgIpc) is 3.28. The number of benzene rings is 1. The lowest BCUT2D eigenvalue weighted by molar-refractivity contribution is -0.123. The lowest BCUT2D eigenvalue weighted by Gasteiger charge is -2.09. The van der Waals surface area contributed by atoms with Crippen LogP contribution in [0, 0.1) is 6.92 Å². The lowest BCUT2D eigenvalue weighted by atomic mass is 10.1. The number of carbonyl (C=O) groups is 1. The molecule has 0 saturated heterocycles. The van der Waals surface area contributed by atoms with Crippen LogP contribution in [0.15, 0.2) is 30.3 Å². The van der Waals surface area contributed by atoms with Crippen LogP contribution in [0.4, 0.5) is 5.13 Å². The molecule has 0 radical (unpaired) electrons. The fraction of sp³-hybridized carbons (Fsp3) is 0.389. The van der Waals surface area contributed by atoms with Crippen molar-refractivity contribution >= 4 is 33.7 Å². The number of nitrogens with zero attached hydrogens (tertiary/aromatic N) is 4. The summed E-state index contributed by atoms with van der Waals surface area (Å²) in [5.74, 6) is -0.465. The first-order valence-corrected chi connectivity index (χ1v) is 10.4. The minimum Gasteiger partial charge on any atom is -0.383 e. The normalized spacial score (nSPS) is 12.1. The molecule has 0 aliphatic carbocycles. The van der Waals surface area contributed by atoms with Crippen LogP contribution in [0.2, 0.25) is 0 Å². The predicted octanol–water partition coefficient (Wildman–Crippen LogP) is 2.81. The van der Waals surface area contributed by atoms with Gasteiger partial charge in [0.1, 0.15) is 21.1 Å². The van der Waals surface area contributed by atoms with Crippen LogP contribution in [-0.2, 0) is 24.1 Å². The van der Waals surface area contributed by atoms with Gasteiger partial charge in [0.25, 0.3) is 5.91 Å². The van der Waals surface area contributed by atoms with E-state index in [0.29, 0.717) is 5.13 Å². The number of rotatable bonds is 9. The standard InChI is InChI=1S/C18H21N5O2S2/c1-12-20-21-15(26-12)9-5-6-10-16-22-23-18(27-16)19-17(25)14(24)11-13-7-3-2-4-8-13/h2-4,7-8,14,24H,5-6,9-11H2,1H3,(H,19,23,25)/t14-/m1/s1. The van der Waals surface area contributed by atoms with Crippen molar-refractivity contribution < 1.29 is 9.90 Å². The largest absolute Gasteiger partial charge is 0.383 e. The maximum Gasteiger partial charge on any atom is 0.255 e. The van der Waals surface area contributed by atoms with E-state index in [1.165, 1.54) is 11.3 Å². The molecule has 3 aromatic rings. The van der Waals surface area contributed by atoms with Crippen LogP contribution in [-0.4, -0.2) is 37.5 Å². The highest BCUT2D eigenvalue weighted by molar-refractivity contribution is 7.15. The number of hydrogen-bond donors (Lipinski definition) is 2. The zero-order valence-corrected chi connectivity index (χ0v) is 16.6. The van der Waals surface area contributed by atoms with Crippen LogP contribution < -0.4 is 5.32 Å². The van der Waals surface area contributed by atoms with Gasteiger partial charge in [-0.05, 0) is 25.3 Å². The highest BCUT2D eigenvalue weighted by Gasteiger charge is 2.17. The molecule has 142 valence electrons. The van der Waals surface area contributed by atoms with Gasteiger partial charge in [-0.15, -0.1) is 31.7 Å². The van der Waals surface area contributed by atoms with Gasteiger partial charge in [-0.2, -0.15) is 0 Å². The SMILES string of the molecule is Cc1nnc(CCCCc2nnc(NC(=O)[C@H](O)Cc3ccccc3)s2)s1. The fourth-order valence-corrected chi connectivity index (χ4v) is 4.05. The molecule has 1 amide bonds. The summed E-state index contributed by atoms with van der Waals surface area (Å²) >= 11 is 2.97. The third-order valence-electron chi connectivity index (χ3n) is 3.87. The highest BCUT2D eigenvalue weighted by atomic mass is 32.1. The first-order valence-electron chi connectivity index (χ1n) is 8.74. The van der Waals surface area contributed by atoms with E-state index in [-0.39, 0.29) is 6.42 Å². The van der Waals surface area contributed by atoms with Crippen LogP contribution in [0.1, 0.15) is 33.4 Å². The fourth-order valence-electron chi connectivity index (χ4n) is 2.51. The van der Waals surface area contributed by atoms with Crippen molar-refractivity contribution in [3.8, 4) is 0 Å². The Labute approximate surface area is 165 Å². The van der Waals surface area contributed by atoms with Gasteiger partial charge < -0.3 is 5.11 Å². The van der Waals surface area contributed by atoms with Crippen LogP contribution in [0.25, 0.3) is 0 Å². The Morgan fingerprint density at radius 3 is 2.37 bits per heavy atom. The van der Waals surface area contributed by atoms with Gasteiger partial charge in [-0.1, -0.05) is 41.7 Å². The van der Waals surface area contributed by atoms with Gasteiger partial charge in [-0.25, -0.2) is 0 Å². The summed E-state index contributed by atoms with van der Waals surface area (Å²) in [4.78, 5) is 12.1. The molecule has 1 atom stereocenters. The molecule has 0 bridgehead atoms. The number of unbranched alkanes of at least 4 members (excludes halogenated alkanes) is 1. The van der Waals surface area contributed by atoms with Gasteiger partial charge in [-0.3, -0.25) is 10.1 Å². The van der Waals surface area contributed by atoms with E-state index in [0.717, 1.165) is 46.3 Å². The summed E-state index contributed by atoms with van der Waals surface area (Å²) in [6, 6.07) is 9.41. The summed E-state index contributed by atoms with van der Waals surface area (Å²) in [6.45, 7) is 1.95. The lowest BCUT2D eigenvalue weighted by Crippen LogP contribution is -2.29. The predicted molar refractivity (Wildman–Crippen MR) is 106 cm³/mol. The third-order valence-corrected chi connectivity index (χ3v) is 5.67. The topological polar surface area (TPSA) is 101 Å². The third kappa shape index (κ3) is 6.16. The van der Waals surface area contributed by atoms with E-state index < -0.39 is 12.0 Å². The van der Waals surface area contributed by atoms with Crippen molar-refractivity contribution in [1.82, 2.24) is 20.4 Å². The number of hydrogen-bond acceptors (Lipinski definition) is 8. The molecule has 7 nitrogen and oxygen atoms in total. The summed E-state index contributed by atoms with van der Waals surface area (Å²) in [5.41, 5.74) is 0.906. The van der Waals surface area contributed by atoms with Crippen LogP contribution in [0.3, 0.4) is 0 Å². The van der Waals surface area contributed by atoms with Crippen molar-refractivity contribution in [3.63, 3.8) is 0 Å². The van der Waals surface area contributed by atoms with E-state index in [1.54, 1.807) is 11.3 Å².